The van der Waals surface area contributed by atoms with E-state index in [4.69, 9.17) is 5.73 Å². The third kappa shape index (κ3) is 7.01. The molecule has 0 radical (unpaired) electrons. The fourth-order valence-electron chi connectivity index (χ4n) is 0.356. The van der Waals surface area contributed by atoms with Crippen LogP contribution in [0.3, 0.4) is 0 Å². The van der Waals surface area contributed by atoms with E-state index in [0.717, 1.165) is 0 Å². The second-order valence-electron chi connectivity index (χ2n) is 1.97. The van der Waals surface area contributed by atoms with E-state index in [1.165, 1.54) is 6.92 Å². The van der Waals surface area contributed by atoms with Crippen LogP contribution in [0.2, 0.25) is 0 Å². The molecule has 0 saturated heterocycles. The van der Waals surface area contributed by atoms with Gasteiger partial charge in [-0.3, -0.25) is 4.79 Å². The van der Waals surface area contributed by atoms with Crippen molar-refractivity contribution in [2.45, 2.75) is 13.8 Å². The zero-order valence-electron chi connectivity index (χ0n) is 5.77. The Morgan fingerprint density at radius 2 is 2.22 bits per heavy atom. The van der Waals surface area contributed by atoms with Gasteiger partial charge in [-0.05, 0) is 13.8 Å². The molecule has 0 aromatic rings. The van der Waals surface area contributed by atoms with E-state index >= 15 is 0 Å². The van der Waals surface area contributed by atoms with Gasteiger partial charge in [-0.2, -0.15) is 0 Å². The second kappa shape index (κ2) is 3.95. The van der Waals surface area contributed by atoms with Gasteiger partial charge in [0.05, 0.1) is 6.54 Å². The first-order chi connectivity index (χ1) is 4.13. The monoisotopic (exact) mass is 128 g/mol. The summed E-state index contributed by atoms with van der Waals surface area (Å²) in [6, 6.07) is 0. The predicted molar refractivity (Wildman–Crippen MR) is 36.6 cm³/mol. The van der Waals surface area contributed by atoms with Crippen molar-refractivity contribution in [3.8, 4) is 0 Å². The average Bonchev–Trinajstić information content (AvgIpc) is 1.63. The Kier molecular flexibility index (Phi) is 3.51. The number of hydrogen-bond acceptors (Lipinski definition) is 3. The van der Waals surface area contributed by atoms with Crippen LogP contribution < -0.4 is 11.1 Å². The Hall–Kier alpha value is -0.990. The lowest BCUT2D eigenvalue weighted by Crippen LogP contribution is -2.16. The Bertz CT molecular complexity index is 125. The molecule has 9 heavy (non-hydrogen) atoms. The topological polar surface area (TPSA) is 55.1 Å². The molecule has 0 amide bonds. The van der Waals surface area contributed by atoms with Crippen LogP contribution in [0.25, 0.3) is 0 Å². The molecule has 0 aromatic heterocycles. The van der Waals surface area contributed by atoms with Crippen LogP contribution in [0.4, 0.5) is 0 Å². The van der Waals surface area contributed by atoms with Crippen molar-refractivity contribution >= 4 is 5.78 Å². The van der Waals surface area contributed by atoms with Crippen LogP contribution in [0.1, 0.15) is 13.8 Å². The van der Waals surface area contributed by atoms with Crippen LogP contribution >= 0.6 is 0 Å². The van der Waals surface area contributed by atoms with Crippen molar-refractivity contribution in [1.29, 1.82) is 0 Å². The normalized spacial score (nSPS) is 11.1. The van der Waals surface area contributed by atoms with Gasteiger partial charge in [0, 0.05) is 11.9 Å². The summed E-state index contributed by atoms with van der Waals surface area (Å²) in [6.45, 7) is 3.63. The second-order valence-corrected chi connectivity index (χ2v) is 1.97. The summed E-state index contributed by atoms with van der Waals surface area (Å²) in [5, 5.41) is 2.75. The summed E-state index contributed by atoms with van der Waals surface area (Å²) in [7, 11) is 0. The summed E-state index contributed by atoms with van der Waals surface area (Å²) in [5.74, 6) is 0.104. The summed E-state index contributed by atoms with van der Waals surface area (Å²) < 4.78 is 0. The molecule has 3 nitrogen and oxygen atoms in total. The molecule has 0 atom stereocenters. The smallest absolute Gasteiger partial charge is 0.148 e. The van der Waals surface area contributed by atoms with Gasteiger partial charge in [-0.1, -0.05) is 0 Å². The zero-order valence-corrected chi connectivity index (χ0v) is 5.77. The maximum Gasteiger partial charge on any atom is 0.148 e. The molecule has 0 rings (SSSR count). The maximum atomic E-state index is 10.3. The molecule has 0 aliphatic carbocycles. The Balaban J connectivity index is 3.31. The number of nitrogens with one attached hydrogen (secondary N) is 1. The van der Waals surface area contributed by atoms with Crippen LogP contribution in [0.5, 0.6) is 0 Å². The number of ketones is 1. The first-order valence-electron chi connectivity index (χ1n) is 2.78. The zero-order chi connectivity index (χ0) is 7.28. The van der Waals surface area contributed by atoms with Gasteiger partial charge in [0.2, 0.25) is 0 Å². The van der Waals surface area contributed by atoms with Gasteiger partial charge < -0.3 is 11.1 Å². The van der Waals surface area contributed by atoms with Gasteiger partial charge >= 0.3 is 0 Å². The van der Waals surface area contributed by atoms with Crippen LogP contribution in [0.15, 0.2) is 11.9 Å². The Labute approximate surface area is 54.9 Å². The van der Waals surface area contributed by atoms with E-state index in [2.05, 4.69) is 5.32 Å². The highest BCUT2D eigenvalue weighted by atomic mass is 16.1. The first-order valence-corrected chi connectivity index (χ1v) is 2.78. The highest BCUT2D eigenvalue weighted by molar-refractivity contribution is 5.77. The molecule has 0 aliphatic rings. The minimum absolute atomic E-state index is 0.104. The molecule has 52 valence electrons. The molecule has 3 N–H and O–H groups in total. The molecule has 0 spiro atoms. The molecule has 0 heterocycles. The Morgan fingerprint density at radius 1 is 1.67 bits per heavy atom. The van der Waals surface area contributed by atoms with Crippen LogP contribution in [-0.2, 0) is 4.79 Å². The fraction of sp³-hybridized carbons (Fsp3) is 0.500. The van der Waals surface area contributed by atoms with Crippen molar-refractivity contribution in [3.63, 3.8) is 0 Å². The lowest BCUT2D eigenvalue weighted by molar-refractivity contribution is -0.116. The van der Waals surface area contributed by atoms with E-state index in [1.807, 2.05) is 0 Å². The van der Waals surface area contributed by atoms with Gasteiger partial charge in [-0.15, -0.1) is 0 Å². The van der Waals surface area contributed by atoms with Crippen molar-refractivity contribution in [2.75, 3.05) is 6.54 Å². The molecule has 0 aliphatic heterocycles. The number of nitrogens with two attached hydrogens (primary N) is 1. The molecule has 3 heteroatoms. The maximum absolute atomic E-state index is 10.3. The number of allylic oxidation sites excluding steroid dienone is 1. The third-order valence-electron chi connectivity index (χ3n) is 0.681. The molecule has 0 aromatic carbocycles. The van der Waals surface area contributed by atoms with Crippen molar-refractivity contribution < 1.29 is 4.79 Å². The number of rotatable bonds is 3. The SMILES string of the molecule is CC(=O)CN/C=C(/C)N. The van der Waals surface area contributed by atoms with Gasteiger partial charge in [-0.25, -0.2) is 0 Å². The number of Topliss-reactive ketones (excluding diaryl/α,β-unsaturated/α-hetero) is 1. The summed E-state index contributed by atoms with van der Waals surface area (Å²) >= 11 is 0. The summed E-state index contributed by atoms with van der Waals surface area (Å²) in [6.07, 6.45) is 1.61. The standard InChI is InChI=1S/C6H12N2O/c1-5(7)3-8-4-6(2)9/h3,8H,4,7H2,1-2H3/b5-3-. The van der Waals surface area contributed by atoms with Crippen molar-refractivity contribution in [2.24, 2.45) is 5.73 Å². The molecule has 0 saturated carbocycles. The lowest BCUT2D eigenvalue weighted by Gasteiger charge is -1.94. The molecule has 0 bridgehead atoms. The van der Waals surface area contributed by atoms with E-state index in [0.29, 0.717) is 12.2 Å². The third-order valence-corrected chi connectivity index (χ3v) is 0.681. The quantitative estimate of drug-likeness (QED) is 0.562. The van der Waals surface area contributed by atoms with E-state index in [1.54, 1.807) is 13.1 Å². The minimum atomic E-state index is 0.104. The largest absolute Gasteiger partial charge is 0.401 e. The van der Waals surface area contributed by atoms with Gasteiger partial charge in [0.1, 0.15) is 5.78 Å². The fourth-order valence-corrected chi connectivity index (χ4v) is 0.356. The molecular weight excluding hydrogens is 116 g/mol. The Morgan fingerprint density at radius 3 is 2.56 bits per heavy atom. The average molecular weight is 128 g/mol. The van der Waals surface area contributed by atoms with E-state index in [-0.39, 0.29) is 5.78 Å². The van der Waals surface area contributed by atoms with E-state index < -0.39 is 0 Å². The first kappa shape index (κ1) is 8.01. The number of carbonyl (C=O) groups excluding carboxylic acids is 1. The minimum Gasteiger partial charge on any atom is -0.401 e. The van der Waals surface area contributed by atoms with Gasteiger partial charge in [0.25, 0.3) is 0 Å². The predicted octanol–water partition coefficient (Wildman–Crippen LogP) is -0.0150. The lowest BCUT2D eigenvalue weighted by atomic mass is 10.4. The van der Waals surface area contributed by atoms with E-state index in [9.17, 15) is 4.79 Å². The van der Waals surface area contributed by atoms with Crippen LogP contribution in [-0.4, -0.2) is 12.3 Å². The van der Waals surface area contributed by atoms with Crippen molar-refractivity contribution in [3.05, 3.63) is 11.9 Å². The summed E-state index contributed by atoms with van der Waals surface area (Å²) in [5.41, 5.74) is 5.94. The highest BCUT2D eigenvalue weighted by Gasteiger charge is 1.85. The molecule has 0 fully saturated rings. The number of carbonyl (C=O) groups is 1. The van der Waals surface area contributed by atoms with Crippen LogP contribution in [0, 0.1) is 0 Å². The number of hydrogen-bond donors (Lipinski definition) is 2. The van der Waals surface area contributed by atoms with Gasteiger partial charge in [0.15, 0.2) is 0 Å². The summed E-state index contributed by atoms with van der Waals surface area (Å²) in [4.78, 5) is 10.3. The molecular formula is C6H12N2O. The molecule has 0 unspecified atom stereocenters. The highest BCUT2D eigenvalue weighted by Crippen LogP contribution is 1.73. The van der Waals surface area contributed by atoms with Crippen molar-refractivity contribution in [1.82, 2.24) is 5.32 Å².